The highest BCUT2D eigenvalue weighted by molar-refractivity contribution is 5.76. The van der Waals surface area contributed by atoms with Gasteiger partial charge >= 0.3 is 0 Å². The third kappa shape index (κ3) is 4.74. The molecule has 0 aliphatic carbocycles. The van der Waals surface area contributed by atoms with Crippen molar-refractivity contribution in [1.29, 1.82) is 5.41 Å². The van der Waals surface area contributed by atoms with Gasteiger partial charge in [-0.15, -0.1) is 0 Å². The molecule has 1 unspecified atom stereocenters. The Balaban J connectivity index is 1.73. The molecule has 11 heteroatoms. The van der Waals surface area contributed by atoms with Crippen molar-refractivity contribution in [2.75, 3.05) is 24.6 Å². The molecule has 1 atom stereocenters. The SMILES string of the molecule is CCN(c1ccccn1)c1ncc(C)n(CC(=O)NC2CCN(C(=N)N)OC2)c1=O. The number of hydroxylamine groups is 2. The third-order valence-corrected chi connectivity index (χ3v) is 4.78. The van der Waals surface area contributed by atoms with Crippen molar-refractivity contribution in [3.63, 3.8) is 0 Å². The average Bonchev–Trinajstić information content (AvgIpc) is 2.74. The molecule has 1 aliphatic rings. The third-order valence-electron chi connectivity index (χ3n) is 4.78. The minimum atomic E-state index is -0.361. The number of guanidine groups is 1. The number of nitrogens with zero attached hydrogens (tertiary/aromatic N) is 5. The summed E-state index contributed by atoms with van der Waals surface area (Å²) < 4.78 is 1.40. The van der Waals surface area contributed by atoms with Crippen LogP contribution in [0.4, 0.5) is 11.6 Å². The van der Waals surface area contributed by atoms with Gasteiger partial charge in [0, 0.05) is 24.6 Å². The summed E-state index contributed by atoms with van der Waals surface area (Å²) in [5.41, 5.74) is 5.61. The van der Waals surface area contributed by atoms with Gasteiger partial charge in [0.05, 0.1) is 19.2 Å². The quantitative estimate of drug-likeness (QED) is 0.447. The van der Waals surface area contributed by atoms with E-state index in [1.54, 1.807) is 36.4 Å². The maximum atomic E-state index is 13.1. The number of hydrogen-bond donors (Lipinski definition) is 3. The second-order valence-electron chi connectivity index (χ2n) is 6.88. The number of carbonyl (C=O) groups is 1. The molecule has 2 aromatic rings. The van der Waals surface area contributed by atoms with E-state index in [1.807, 2.05) is 13.0 Å². The second-order valence-corrected chi connectivity index (χ2v) is 6.88. The number of pyridine rings is 1. The Morgan fingerprint density at radius 1 is 1.43 bits per heavy atom. The zero-order valence-electron chi connectivity index (χ0n) is 17.0. The summed E-state index contributed by atoms with van der Waals surface area (Å²) in [5, 5.41) is 11.5. The smallest absolute Gasteiger partial charge is 0.294 e. The number of rotatable bonds is 6. The zero-order valence-corrected chi connectivity index (χ0v) is 17.0. The second kappa shape index (κ2) is 9.35. The lowest BCUT2D eigenvalue weighted by molar-refractivity contribution is -0.143. The summed E-state index contributed by atoms with van der Waals surface area (Å²) in [4.78, 5) is 41.3. The fourth-order valence-electron chi connectivity index (χ4n) is 3.20. The van der Waals surface area contributed by atoms with Gasteiger partial charge in [0.25, 0.3) is 5.56 Å². The van der Waals surface area contributed by atoms with Crippen molar-refractivity contribution >= 4 is 23.5 Å². The Labute approximate surface area is 173 Å². The Morgan fingerprint density at radius 3 is 2.83 bits per heavy atom. The van der Waals surface area contributed by atoms with Crippen molar-refractivity contribution in [3.05, 3.63) is 46.6 Å². The van der Waals surface area contributed by atoms with Crippen LogP contribution in [0.5, 0.6) is 0 Å². The lowest BCUT2D eigenvalue weighted by atomic mass is 10.2. The van der Waals surface area contributed by atoms with Crippen LogP contribution in [0.2, 0.25) is 0 Å². The molecule has 0 saturated carbocycles. The van der Waals surface area contributed by atoms with E-state index in [-0.39, 0.29) is 42.4 Å². The van der Waals surface area contributed by atoms with E-state index in [1.165, 1.54) is 9.63 Å². The van der Waals surface area contributed by atoms with Crippen molar-refractivity contribution in [1.82, 2.24) is 24.9 Å². The monoisotopic (exact) mass is 414 g/mol. The highest BCUT2D eigenvalue weighted by atomic mass is 16.7. The Morgan fingerprint density at radius 2 is 2.23 bits per heavy atom. The minimum absolute atomic E-state index is 0.132. The number of anilines is 2. The highest BCUT2D eigenvalue weighted by Crippen LogP contribution is 2.17. The van der Waals surface area contributed by atoms with Gasteiger partial charge < -0.3 is 16.0 Å². The van der Waals surface area contributed by atoms with Crippen LogP contribution < -0.4 is 21.5 Å². The lowest BCUT2D eigenvalue weighted by Crippen LogP contribution is -2.50. The van der Waals surface area contributed by atoms with Crippen LogP contribution in [0.15, 0.2) is 35.4 Å². The van der Waals surface area contributed by atoms with Crippen LogP contribution in [0.25, 0.3) is 0 Å². The predicted molar refractivity (Wildman–Crippen MR) is 111 cm³/mol. The number of amides is 1. The predicted octanol–water partition coefficient (Wildman–Crippen LogP) is 0.120. The molecule has 1 saturated heterocycles. The maximum absolute atomic E-state index is 13.1. The van der Waals surface area contributed by atoms with Crippen LogP contribution in [0.3, 0.4) is 0 Å². The first-order chi connectivity index (χ1) is 14.4. The van der Waals surface area contributed by atoms with Crippen molar-refractivity contribution in [2.24, 2.45) is 5.73 Å². The van der Waals surface area contributed by atoms with Gasteiger partial charge in [-0.25, -0.2) is 15.0 Å². The van der Waals surface area contributed by atoms with Crippen molar-refractivity contribution in [3.8, 4) is 0 Å². The van der Waals surface area contributed by atoms with E-state index in [2.05, 4.69) is 15.3 Å². The molecule has 2 aromatic heterocycles. The summed E-state index contributed by atoms with van der Waals surface area (Å²) >= 11 is 0. The summed E-state index contributed by atoms with van der Waals surface area (Å²) in [6, 6.07) is 5.22. The van der Waals surface area contributed by atoms with Gasteiger partial charge in [0.2, 0.25) is 17.7 Å². The van der Waals surface area contributed by atoms with Gasteiger partial charge in [0.15, 0.2) is 0 Å². The molecule has 3 heterocycles. The molecule has 0 bridgehead atoms. The molecule has 0 aromatic carbocycles. The fourth-order valence-corrected chi connectivity index (χ4v) is 3.20. The molecular formula is C19H26N8O3. The van der Waals surface area contributed by atoms with E-state index in [4.69, 9.17) is 16.0 Å². The molecule has 0 radical (unpaired) electrons. The first kappa shape index (κ1) is 21.2. The van der Waals surface area contributed by atoms with Gasteiger partial charge in [-0.1, -0.05) is 6.07 Å². The number of nitrogens with one attached hydrogen (secondary N) is 2. The van der Waals surface area contributed by atoms with E-state index >= 15 is 0 Å². The molecule has 1 fully saturated rings. The summed E-state index contributed by atoms with van der Waals surface area (Å²) in [5.74, 6) is 0.356. The van der Waals surface area contributed by atoms with Crippen LogP contribution in [-0.2, 0) is 16.2 Å². The van der Waals surface area contributed by atoms with Crippen LogP contribution >= 0.6 is 0 Å². The highest BCUT2D eigenvalue weighted by Gasteiger charge is 2.23. The first-order valence-corrected chi connectivity index (χ1v) is 9.69. The molecule has 0 spiro atoms. The summed E-state index contributed by atoms with van der Waals surface area (Å²) in [6.45, 7) is 4.63. The Bertz CT molecular complexity index is 954. The van der Waals surface area contributed by atoms with E-state index in [0.29, 0.717) is 31.0 Å². The number of hydrogen-bond acceptors (Lipinski definition) is 7. The van der Waals surface area contributed by atoms with E-state index < -0.39 is 0 Å². The molecule has 4 N–H and O–H groups in total. The standard InChI is InChI=1S/C19H26N8O3/c1-3-25(15-6-4-5-8-22-15)17-18(29)26(13(2)10-23-17)11-16(28)24-14-7-9-27(19(20)21)30-12-14/h4-6,8,10,14H,3,7,9,11-12H2,1-2H3,(H3,20,21)(H,24,28). The number of carbonyl (C=O) groups excluding carboxylic acids is 1. The van der Waals surface area contributed by atoms with Gasteiger partial charge in [-0.2, -0.15) is 0 Å². The van der Waals surface area contributed by atoms with Crippen molar-refractivity contribution in [2.45, 2.75) is 32.9 Å². The Kier molecular flexibility index (Phi) is 6.62. The van der Waals surface area contributed by atoms with E-state index in [9.17, 15) is 9.59 Å². The zero-order chi connectivity index (χ0) is 21.7. The molecule has 1 aliphatic heterocycles. The normalized spacial score (nSPS) is 16.2. The van der Waals surface area contributed by atoms with Crippen LogP contribution in [0.1, 0.15) is 19.0 Å². The lowest BCUT2D eigenvalue weighted by Gasteiger charge is -2.31. The maximum Gasteiger partial charge on any atom is 0.294 e. The van der Waals surface area contributed by atoms with Crippen LogP contribution in [0, 0.1) is 12.3 Å². The molecule has 1 amide bonds. The summed E-state index contributed by atoms with van der Waals surface area (Å²) in [6.07, 6.45) is 3.81. The minimum Gasteiger partial charge on any atom is -0.368 e. The molecule has 11 nitrogen and oxygen atoms in total. The molecule has 160 valence electrons. The van der Waals surface area contributed by atoms with Gasteiger partial charge in [-0.3, -0.25) is 24.4 Å². The fraction of sp³-hybridized carbons (Fsp3) is 0.421. The number of nitrogens with two attached hydrogens (primary N) is 1. The average molecular weight is 414 g/mol. The molecule has 30 heavy (non-hydrogen) atoms. The van der Waals surface area contributed by atoms with Gasteiger partial charge in [0.1, 0.15) is 12.4 Å². The molecule has 3 rings (SSSR count). The number of aryl methyl sites for hydroxylation is 1. The summed E-state index contributed by atoms with van der Waals surface area (Å²) in [7, 11) is 0. The Hall–Kier alpha value is -3.47. The largest absolute Gasteiger partial charge is 0.368 e. The number of aromatic nitrogens is 3. The topological polar surface area (TPSA) is 142 Å². The van der Waals surface area contributed by atoms with E-state index in [0.717, 1.165) is 0 Å². The molecular weight excluding hydrogens is 388 g/mol. The first-order valence-electron chi connectivity index (χ1n) is 9.69. The van der Waals surface area contributed by atoms with Crippen molar-refractivity contribution < 1.29 is 9.63 Å². The van der Waals surface area contributed by atoms with Crippen LogP contribution in [-0.4, -0.2) is 57.2 Å². The van der Waals surface area contributed by atoms with Gasteiger partial charge in [-0.05, 0) is 32.4 Å².